The van der Waals surface area contributed by atoms with Gasteiger partial charge in [0.25, 0.3) is 5.91 Å². The summed E-state index contributed by atoms with van der Waals surface area (Å²) in [5.74, 6) is 1.97. The van der Waals surface area contributed by atoms with Crippen LogP contribution in [-0.4, -0.2) is 49.2 Å². The van der Waals surface area contributed by atoms with Crippen molar-refractivity contribution in [2.24, 2.45) is 0 Å². The second-order valence-electron chi connectivity index (χ2n) is 9.68. The van der Waals surface area contributed by atoms with Crippen LogP contribution in [0.3, 0.4) is 0 Å². The van der Waals surface area contributed by atoms with Gasteiger partial charge in [-0.25, -0.2) is 14.5 Å². The molecule has 1 fully saturated rings. The van der Waals surface area contributed by atoms with Gasteiger partial charge in [0.05, 0.1) is 17.6 Å². The van der Waals surface area contributed by atoms with Gasteiger partial charge in [0.2, 0.25) is 0 Å². The van der Waals surface area contributed by atoms with Crippen molar-refractivity contribution in [1.82, 2.24) is 24.6 Å². The van der Waals surface area contributed by atoms with E-state index in [1.807, 2.05) is 6.20 Å². The van der Waals surface area contributed by atoms with Crippen molar-refractivity contribution in [2.45, 2.75) is 44.6 Å². The minimum atomic E-state index is -0.271. The number of fused-ring (bicyclic) bond motifs is 2. The van der Waals surface area contributed by atoms with Gasteiger partial charge in [0, 0.05) is 61.8 Å². The van der Waals surface area contributed by atoms with E-state index in [9.17, 15) is 4.79 Å². The number of carbonyl (C=O) groups excluding carboxylic acids is 1. The molecule has 3 aromatic heterocycles. The Morgan fingerprint density at radius 3 is 3.03 bits per heavy atom. The predicted molar refractivity (Wildman–Crippen MR) is 129 cm³/mol. The highest BCUT2D eigenvalue weighted by atomic mass is 16.5. The van der Waals surface area contributed by atoms with Crippen molar-refractivity contribution in [3.63, 3.8) is 0 Å². The number of carbonyl (C=O) groups is 1. The summed E-state index contributed by atoms with van der Waals surface area (Å²) in [4.78, 5) is 27.7. The van der Waals surface area contributed by atoms with Gasteiger partial charge >= 0.3 is 0 Å². The number of piperidine rings is 1. The molecular formula is C25H27N7O2. The van der Waals surface area contributed by atoms with Crippen LogP contribution in [0.25, 0.3) is 5.65 Å². The van der Waals surface area contributed by atoms with Gasteiger partial charge in [0.15, 0.2) is 5.65 Å². The van der Waals surface area contributed by atoms with E-state index in [2.05, 4.69) is 56.2 Å². The lowest BCUT2D eigenvalue weighted by Crippen LogP contribution is -2.35. The SMILES string of the molecule is CC1(C)Cc2cc(NC(=O)c3cnn4cccnc34)c(N3CCCC(c4ncc[nH]4)C3)cc2O1. The number of anilines is 2. The van der Waals surface area contributed by atoms with Crippen LogP contribution in [0.2, 0.25) is 0 Å². The van der Waals surface area contributed by atoms with Crippen LogP contribution in [-0.2, 0) is 6.42 Å². The Morgan fingerprint density at radius 2 is 2.18 bits per heavy atom. The number of nitrogens with zero attached hydrogens (tertiary/aromatic N) is 5. The first-order valence-corrected chi connectivity index (χ1v) is 11.7. The molecule has 2 N–H and O–H groups in total. The van der Waals surface area contributed by atoms with Gasteiger partial charge in [-0.05, 0) is 38.8 Å². The summed E-state index contributed by atoms with van der Waals surface area (Å²) in [6.07, 6.45) is 11.6. The summed E-state index contributed by atoms with van der Waals surface area (Å²) >= 11 is 0. The molecule has 0 radical (unpaired) electrons. The van der Waals surface area contributed by atoms with Crippen LogP contribution in [0.4, 0.5) is 11.4 Å². The van der Waals surface area contributed by atoms with Crippen molar-refractivity contribution in [2.75, 3.05) is 23.3 Å². The van der Waals surface area contributed by atoms with Crippen LogP contribution in [0, 0.1) is 0 Å². The van der Waals surface area contributed by atoms with E-state index in [0.717, 1.165) is 60.9 Å². The highest BCUT2D eigenvalue weighted by Gasteiger charge is 2.33. The molecule has 2 aliphatic rings. The molecule has 2 aliphatic heterocycles. The van der Waals surface area contributed by atoms with Crippen LogP contribution in [0.5, 0.6) is 5.75 Å². The Morgan fingerprint density at radius 1 is 1.26 bits per heavy atom. The summed E-state index contributed by atoms with van der Waals surface area (Å²) in [6, 6.07) is 5.93. The molecule has 1 unspecified atom stereocenters. The maximum atomic E-state index is 13.3. The van der Waals surface area contributed by atoms with E-state index >= 15 is 0 Å². The molecule has 1 aromatic carbocycles. The Labute approximate surface area is 197 Å². The maximum absolute atomic E-state index is 13.3. The van der Waals surface area contributed by atoms with Gasteiger partial charge in [-0.3, -0.25) is 4.79 Å². The van der Waals surface area contributed by atoms with Gasteiger partial charge in [-0.15, -0.1) is 0 Å². The van der Waals surface area contributed by atoms with Gasteiger partial charge < -0.3 is 19.9 Å². The highest BCUT2D eigenvalue weighted by Crippen LogP contribution is 2.43. The van der Waals surface area contributed by atoms with E-state index < -0.39 is 0 Å². The zero-order valence-electron chi connectivity index (χ0n) is 19.3. The zero-order valence-corrected chi connectivity index (χ0v) is 19.3. The lowest BCUT2D eigenvalue weighted by molar-refractivity contribution is 0.102. The fourth-order valence-electron chi connectivity index (χ4n) is 5.10. The third kappa shape index (κ3) is 3.67. The number of nitrogens with one attached hydrogen (secondary N) is 2. The molecule has 1 amide bonds. The molecule has 1 saturated heterocycles. The van der Waals surface area contributed by atoms with E-state index in [-0.39, 0.29) is 11.5 Å². The smallest absolute Gasteiger partial charge is 0.261 e. The third-order valence-electron chi connectivity index (χ3n) is 6.62. The first-order chi connectivity index (χ1) is 16.5. The number of imidazole rings is 1. The molecule has 6 rings (SSSR count). The number of hydrogen-bond donors (Lipinski definition) is 2. The number of amides is 1. The second kappa shape index (κ2) is 7.86. The first-order valence-electron chi connectivity index (χ1n) is 11.7. The van der Waals surface area contributed by atoms with Crippen molar-refractivity contribution in [3.05, 3.63) is 66.1 Å². The molecule has 0 aliphatic carbocycles. The molecular weight excluding hydrogens is 430 g/mol. The molecule has 4 aromatic rings. The Hall–Kier alpha value is -3.88. The van der Waals surface area contributed by atoms with Crippen LogP contribution in [0.1, 0.15) is 54.4 Å². The van der Waals surface area contributed by atoms with Gasteiger partial charge in [0.1, 0.15) is 22.7 Å². The lowest BCUT2D eigenvalue weighted by Gasteiger charge is -2.35. The van der Waals surface area contributed by atoms with E-state index in [1.165, 1.54) is 0 Å². The average Bonchev–Trinajstić information content (AvgIpc) is 3.56. The minimum absolute atomic E-state index is 0.229. The summed E-state index contributed by atoms with van der Waals surface area (Å²) in [5, 5.41) is 7.42. The summed E-state index contributed by atoms with van der Waals surface area (Å²) in [5.41, 5.74) is 3.54. The topological polar surface area (TPSA) is 100 Å². The quantitative estimate of drug-likeness (QED) is 0.483. The molecule has 0 saturated carbocycles. The van der Waals surface area contributed by atoms with E-state index in [1.54, 1.807) is 35.4 Å². The molecule has 9 nitrogen and oxygen atoms in total. The monoisotopic (exact) mass is 457 g/mol. The number of rotatable bonds is 4. The number of benzene rings is 1. The largest absolute Gasteiger partial charge is 0.487 e. The average molecular weight is 458 g/mol. The lowest BCUT2D eigenvalue weighted by atomic mass is 9.96. The third-order valence-corrected chi connectivity index (χ3v) is 6.62. The van der Waals surface area contributed by atoms with E-state index in [0.29, 0.717) is 17.1 Å². The number of ether oxygens (including phenoxy) is 1. The molecule has 34 heavy (non-hydrogen) atoms. The fraction of sp³-hybridized carbons (Fsp3) is 0.360. The molecule has 9 heteroatoms. The zero-order chi connectivity index (χ0) is 23.3. The van der Waals surface area contributed by atoms with Crippen molar-refractivity contribution in [3.8, 4) is 5.75 Å². The molecule has 174 valence electrons. The van der Waals surface area contributed by atoms with Gasteiger partial charge in [-0.2, -0.15) is 5.10 Å². The molecule has 1 atom stereocenters. The number of aromatic amines is 1. The Bertz CT molecular complexity index is 1360. The first kappa shape index (κ1) is 20.7. The van der Waals surface area contributed by atoms with Crippen molar-refractivity contribution >= 4 is 22.9 Å². The van der Waals surface area contributed by atoms with Crippen molar-refractivity contribution in [1.29, 1.82) is 0 Å². The summed E-state index contributed by atoms with van der Waals surface area (Å²) in [7, 11) is 0. The van der Waals surface area contributed by atoms with E-state index in [4.69, 9.17) is 4.74 Å². The number of hydrogen-bond acceptors (Lipinski definition) is 6. The minimum Gasteiger partial charge on any atom is -0.487 e. The van der Waals surface area contributed by atoms with Crippen LogP contribution < -0.4 is 15.0 Å². The predicted octanol–water partition coefficient (Wildman–Crippen LogP) is 3.80. The highest BCUT2D eigenvalue weighted by molar-refractivity contribution is 6.09. The fourth-order valence-corrected chi connectivity index (χ4v) is 5.10. The number of H-pyrrole nitrogens is 1. The summed E-state index contributed by atoms with van der Waals surface area (Å²) in [6.45, 7) is 5.89. The number of aromatic nitrogens is 5. The normalized spacial score (nSPS) is 19.1. The maximum Gasteiger partial charge on any atom is 0.261 e. The second-order valence-corrected chi connectivity index (χ2v) is 9.68. The Balaban J connectivity index is 1.36. The summed E-state index contributed by atoms with van der Waals surface area (Å²) < 4.78 is 7.84. The van der Waals surface area contributed by atoms with Crippen molar-refractivity contribution < 1.29 is 9.53 Å². The molecule has 5 heterocycles. The van der Waals surface area contributed by atoms with Gasteiger partial charge in [-0.1, -0.05) is 0 Å². The van der Waals surface area contributed by atoms with Crippen LogP contribution in [0.15, 0.2) is 49.2 Å². The molecule has 0 spiro atoms. The standard InChI is InChI=1S/C25H27N7O2/c1-25(2)13-17-11-19(30-24(33)18-14-29-32-10-4-6-28-23(18)32)20(12-21(17)34-25)31-9-3-5-16(15-31)22-26-7-8-27-22/h4,6-8,10-12,14,16H,3,5,9,13,15H2,1-2H3,(H,26,27)(H,30,33). The molecule has 0 bridgehead atoms. The Kier molecular flexibility index (Phi) is 4.79. The van der Waals surface area contributed by atoms with Crippen LogP contribution >= 0.6 is 0 Å².